The van der Waals surface area contributed by atoms with Crippen molar-refractivity contribution >= 4 is 0 Å². The van der Waals surface area contributed by atoms with Crippen molar-refractivity contribution in [2.75, 3.05) is 13.6 Å². The molecule has 0 saturated heterocycles. The van der Waals surface area contributed by atoms with Crippen LogP contribution in [0.1, 0.15) is 11.3 Å². The third-order valence-corrected chi connectivity index (χ3v) is 3.27. The first-order valence-electron chi connectivity index (χ1n) is 5.77. The lowest BCUT2D eigenvalue weighted by Gasteiger charge is -2.21. The van der Waals surface area contributed by atoms with E-state index in [9.17, 15) is 0 Å². The number of aromatic amines is 1. The van der Waals surface area contributed by atoms with Crippen LogP contribution < -0.4 is 0 Å². The molecule has 0 bridgehead atoms. The molecule has 1 aliphatic rings. The lowest BCUT2D eigenvalue weighted by atomic mass is 10.1. The maximum Gasteiger partial charge on any atom is 0.0459 e. The molecule has 2 heteroatoms. The van der Waals surface area contributed by atoms with Crippen molar-refractivity contribution in [1.29, 1.82) is 0 Å². The smallest absolute Gasteiger partial charge is 0.0459 e. The molecule has 3 rings (SSSR count). The van der Waals surface area contributed by atoms with Crippen LogP contribution in [0, 0.1) is 0 Å². The van der Waals surface area contributed by atoms with Gasteiger partial charge in [-0.25, -0.2) is 0 Å². The molecule has 0 saturated carbocycles. The minimum atomic E-state index is 1.04. The van der Waals surface area contributed by atoms with E-state index in [0.29, 0.717) is 0 Å². The molecular weight excluding hydrogens is 196 g/mol. The zero-order valence-electron chi connectivity index (χ0n) is 9.53. The van der Waals surface area contributed by atoms with Gasteiger partial charge in [-0.15, -0.1) is 0 Å². The first-order valence-corrected chi connectivity index (χ1v) is 5.77. The molecule has 2 aromatic rings. The van der Waals surface area contributed by atoms with E-state index < -0.39 is 0 Å². The second kappa shape index (κ2) is 3.80. The normalized spacial score (nSPS) is 16.1. The largest absolute Gasteiger partial charge is 0.357 e. The highest BCUT2D eigenvalue weighted by atomic mass is 15.1. The summed E-state index contributed by atoms with van der Waals surface area (Å²) < 4.78 is 0. The molecule has 0 atom stereocenters. The molecular formula is C14H16N2. The maximum atomic E-state index is 3.54. The molecule has 0 amide bonds. The first kappa shape index (κ1) is 9.67. The summed E-state index contributed by atoms with van der Waals surface area (Å²) in [4.78, 5) is 5.89. The lowest BCUT2D eigenvalue weighted by molar-refractivity contribution is 0.309. The summed E-state index contributed by atoms with van der Waals surface area (Å²) in [5.74, 6) is 0. The van der Waals surface area contributed by atoms with Gasteiger partial charge in [-0.05, 0) is 30.7 Å². The molecule has 2 heterocycles. The van der Waals surface area contributed by atoms with Crippen molar-refractivity contribution in [3.8, 4) is 11.3 Å². The number of rotatable bonds is 1. The van der Waals surface area contributed by atoms with Crippen LogP contribution in [-0.4, -0.2) is 23.5 Å². The number of fused-ring (bicyclic) bond motifs is 1. The number of nitrogens with zero attached hydrogens (tertiary/aromatic N) is 1. The molecule has 1 N–H and O–H groups in total. The number of hydrogen-bond acceptors (Lipinski definition) is 1. The van der Waals surface area contributed by atoms with E-state index in [1.54, 1.807) is 0 Å². The molecule has 0 radical (unpaired) electrons. The van der Waals surface area contributed by atoms with Gasteiger partial charge in [0.2, 0.25) is 0 Å². The fraction of sp³-hybridized carbons (Fsp3) is 0.286. The molecule has 0 aliphatic carbocycles. The minimum absolute atomic E-state index is 1.04. The summed E-state index contributed by atoms with van der Waals surface area (Å²) in [5, 5.41) is 0. The number of benzene rings is 1. The van der Waals surface area contributed by atoms with Crippen LogP contribution in [0.5, 0.6) is 0 Å². The van der Waals surface area contributed by atoms with Crippen molar-refractivity contribution in [1.82, 2.24) is 9.88 Å². The van der Waals surface area contributed by atoms with Crippen LogP contribution in [0.2, 0.25) is 0 Å². The predicted octanol–water partition coefficient (Wildman–Crippen LogP) is 2.67. The summed E-state index contributed by atoms with van der Waals surface area (Å²) in [5.41, 5.74) is 5.39. The van der Waals surface area contributed by atoms with Gasteiger partial charge in [0, 0.05) is 24.5 Å². The van der Waals surface area contributed by atoms with E-state index in [1.165, 1.54) is 29.1 Å². The molecule has 2 nitrogen and oxygen atoms in total. The Hall–Kier alpha value is -1.54. The van der Waals surface area contributed by atoms with Gasteiger partial charge in [-0.2, -0.15) is 0 Å². The number of H-pyrrole nitrogens is 1. The first-order chi connectivity index (χ1) is 7.83. The van der Waals surface area contributed by atoms with Crippen LogP contribution in [0.3, 0.4) is 0 Å². The van der Waals surface area contributed by atoms with Gasteiger partial charge in [0.25, 0.3) is 0 Å². The highest BCUT2D eigenvalue weighted by molar-refractivity contribution is 5.61. The van der Waals surface area contributed by atoms with Crippen LogP contribution >= 0.6 is 0 Å². The predicted molar refractivity (Wildman–Crippen MR) is 66.3 cm³/mol. The van der Waals surface area contributed by atoms with E-state index >= 15 is 0 Å². The van der Waals surface area contributed by atoms with Gasteiger partial charge < -0.3 is 9.88 Å². The highest BCUT2D eigenvalue weighted by Crippen LogP contribution is 2.25. The summed E-state index contributed by atoms with van der Waals surface area (Å²) >= 11 is 0. The Balaban J connectivity index is 1.99. The van der Waals surface area contributed by atoms with Gasteiger partial charge in [0.05, 0.1) is 0 Å². The van der Waals surface area contributed by atoms with Gasteiger partial charge in [0.15, 0.2) is 0 Å². The summed E-state index contributed by atoms with van der Waals surface area (Å²) in [6, 6.07) is 12.8. The number of aromatic nitrogens is 1. The Morgan fingerprint density at radius 1 is 1.19 bits per heavy atom. The standard InChI is InChI=1S/C14H16N2/c1-16-8-7-12-9-13(15-14(12)10-16)11-5-3-2-4-6-11/h2-6,9,15H,7-8,10H2,1H3. The van der Waals surface area contributed by atoms with E-state index in [1.807, 2.05) is 0 Å². The van der Waals surface area contributed by atoms with Crippen molar-refractivity contribution in [3.05, 3.63) is 47.7 Å². The van der Waals surface area contributed by atoms with Crippen molar-refractivity contribution in [2.24, 2.45) is 0 Å². The summed E-state index contributed by atoms with van der Waals surface area (Å²) in [6.07, 6.45) is 1.16. The number of likely N-dealkylation sites (N-methyl/N-ethyl adjacent to an activating group) is 1. The Bertz CT molecular complexity index is 485. The fourth-order valence-corrected chi connectivity index (χ4v) is 2.34. The van der Waals surface area contributed by atoms with E-state index in [-0.39, 0.29) is 0 Å². The second-order valence-corrected chi connectivity index (χ2v) is 4.54. The van der Waals surface area contributed by atoms with Crippen LogP contribution in [0.15, 0.2) is 36.4 Å². The molecule has 0 unspecified atom stereocenters. The quantitative estimate of drug-likeness (QED) is 0.770. The Morgan fingerprint density at radius 3 is 2.81 bits per heavy atom. The second-order valence-electron chi connectivity index (χ2n) is 4.54. The van der Waals surface area contributed by atoms with Gasteiger partial charge in [0.1, 0.15) is 0 Å². The zero-order valence-corrected chi connectivity index (χ0v) is 9.53. The fourth-order valence-electron chi connectivity index (χ4n) is 2.34. The average molecular weight is 212 g/mol. The molecule has 82 valence electrons. The third kappa shape index (κ3) is 1.65. The van der Waals surface area contributed by atoms with Crippen molar-refractivity contribution in [2.45, 2.75) is 13.0 Å². The monoisotopic (exact) mass is 212 g/mol. The molecule has 16 heavy (non-hydrogen) atoms. The number of nitrogens with one attached hydrogen (secondary N) is 1. The van der Waals surface area contributed by atoms with Crippen LogP contribution in [0.25, 0.3) is 11.3 Å². The molecule has 1 aliphatic heterocycles. The van der Waals surface area contributed by atoms with Crippen molar-refractivity contribution in [3.63, 3.8) is 0 Å². The van der Waals surface area contributed by atoms with Crippen LogP contribution in [-0.2, 0) is 13.0 Å². The molecule has 0 spiro atoms. The van der Waals surface area contributed by atoms with Gasteiger partial charge >= 0.3 is 0 Å². The summed E-state index contributed by atoms with van der Waals surface area (Å²) in [6.45, 7) is 2.21. The molecule has 0 fully saturated rings. The highest BCUT2D eigenvalue weighted by Gasteiger charge is 2.16. The Kier molecular flexibility index (Phi) is 2.29. The molecule has 1 aromatic carbocycles. The number of hydrogen-bond donors (Lipinski definition) is 1. The average Bonchev–Trinajstić information content (AvgIpc) is 2.73. The zero-order chi connectivity index (χ0) is 11.0. The molecule has 1 aromatic heterocycles. The van der Waals surface area contributed by atoms with E-state index in [4.69, 9.17) is 0 Å². The third-order valence-electron chi connectivity index (χ3n) is 3.27. The SMILES string of the molecule is CN1CCc2cc(-c3ccccc3)[nH]c2C1. The Morgan fingerprint density at radius 2 is 2.00 bits per heavy atom. The van der Waals surface area contributed by atoms with Gasteiger partial charge in [-0.1, -0.05) is 30.3 Å². The Labute approximate surface area is 95.9 Å². The lowest BCUT2D eigenvalue weighted by Crippen LogP contribution is -2.25. The van der Waals surface area contributed by atoms with E-state index in [2.05, 4.69) is 53.3 Å². The van der Waals surface area contributed by atoms with Crippen molar-refractivity contribution < 1.29 is 0 Å². The van der Waals surface area contributed by atoms with Crippen LogP contribution in [0.4, 0.5) is 0 Å². The van der Waals surface area contributed by atoms with E-state index in [0.717, 1.165) is 13.0 Å². The van der Waals surface area contributed by atoms with Gasteiger partial charge in [-0.3, -0.25) is 0 Å². The summed E-state index contributed by atoms with van der Waals surface area (Å²) in [7, 11) is 2.17. The minimum Gasteiger partial charge on any atom is -0.357 e. The topological polar surface area (TPSA) is 19.0 Å². The maximum absolute atomic E-state index is 3.54.